The van der Waals surface area contributed by atoms with Gasteiger partial charge in [0.25, 0.3) is 0 Å². The Balaban J connectivity index is 1.62. The van der Waals surface area contributed by atoms with Gasteiger partial charge in [0.05, 0.1) is 5.92 Å². The molecule has 126 valence electrons. The second kappa shape index (κ2) is 6.78. The molecule has 0 aliphatic heterocycles. The van der Waals surface area contributed by atoms with Gasteiger partial charge in [0, 0.05) is 18.0 Å². The molecule has 0 saturated heterocycles. The number of hydrogen-bond acceptors (Lipinski definition) is 2. The van der Waals surface area contributed by atoms with Crippen LogP contribution in [0.2, 0.25) is 0 Å². The number of benzene rings is 2. The van der Waals surface area contributed by atoms with Gasteiger partial charge in [-0.3, -0.25) is 4.79 Å². The molecule has 3 nitrogen and oxygen atoms in total. The summed E-state index contributed by atoms with van der Waals surface area (Å²) in [6.07, 6.45) is 2.27. The smallest absolute Gasteiger partial charge is 0.224 e. The summed E-state index contributed by atoms with van der Waals surface area (Å²) in [5.74, 6) is -0.216. The normalized spacial score (nSPS) is 17.8. The zero-order valence-electron chi connectivity index (χ0n) is 14.5. The second-order valence-electron chi connectivity index (χ2n) is 7.04. The van der Waals surface area contributed by atoms with Crippen LogP contribution in [0.5, 0.6) is 0 Å². The first-order valence-corrected chi connectivity index (χ1v) is 8.68. The number of carbonyl (C=O) groups is 1. The molecule has 1 saturated carbocycles. The van der Waals surface area contributed by atoms with E-state index >= 15 is 0 Å². The molecule has 2 aromatic rings. The van der Waals surface area contributed by atoms with Crippen molar-refractivity contribution in [1.29, 1.82) is 0 Å². The van der Waals surface area contributed by atoms with Crippen LogP contribution in [0, 0.1) is 12.8 Å². The van der Waals surface area contributed by atoms with Crippen molar-refractivity contribution in [2.45, 2.75) is 38.1 Å². The third-order valence-corrected chi connectivity index (χ3v) is 5.31. The summed E-state index contributed by atoms with van der Waals surface area (Å²) in [5.41, 5.74) is 10.1. The van der Waals surface area contributed by atoms with E-state index in [2.05, 4.69) is 36.5 Å². The van der Waals surface area contributed by atoms with Gasteiger partial charge < -0.3 is 11.1 Å². The highest BCUT2D eigenvalue weighted by Gasteiger charge is 2.45. The van der Waals surface area contributed by atoms with E-state index in [1.54, 1.807) is 0 Å². The van der Waals surface area contributed by atoms with Gasteiger partial charge in [-0.05, 0) is 36.5 Å². The fraction of sp³-hybridized carbons (Fsp3) is 0.381. The number of carbonyl (C=O) groups excluding carboxylic acids is 1. The van der Waals surface area contributed by atoms with E-state index in [0.29, 0.717) is 6.54 Å². The maximum Gasteiger partial charge on any atom is 0.224 e. The minimum Gasteiger partial charge on any atom is -0.355 e. The Bertz CT molecular complexity index is 707. The van der Waals surface area contributed by atoms with Crippen LogP contribution in [-0.2, 0) is 10.2 Å². The molecule has 0 aromatic heterocycles. The van der Waals surface area contributed by atoms with Crippen LogP contribution in [0.25, 0.3) is 0 Å². The van der Waals surface area contributed by atoms with Crippen molar-refractivity contribution in [2.75, 3.05) is 6.54 Å². The van der Waals surface area contributed by atoms with Crippen molar-refractivity contribution in [3.05, 3.63) is 71.3 Å². The molecule has 3 N–H and O–H groups in total. The zero-order chi connectivity index (χ0) is 17.2. The monoisotopic (exact) mass is 322 g/mol. The van der Waals surface area contributed by atoms with Crippen molar-refractivity contribution in [1.82, 2.24) is 5.32 Å². The fourth-order valence-corrected chi connectivity index (χ4v) is 3.40. The largest absolute Gasteiger partial charge is 0.355 e. The molecule has 1 amide bonds. The molecule has 3 rings (SSSR count). The Morgan fingerprint density at radius 2 is 1.75 bits per heavy atom. The summed E-state index contributed by atoms with van der Waals surface area (Å²) in [4.78, 5) is 12.6. The van der Waals surface area contributed by atoms with Crippen LogP contribution in [0.3, 0.4) is 0 Å². The Morgan fingerprint density at radius 3 is 2.38 bits per heavy atom. The summed E-state index contributed by atoms with van der Waals surface area (Å²) in [5, 5.41) is 3.14. The van der Waals surface area contributed by atoms with E-state index in [0.717, 1.165) is 18.4 Å². The molecule has 3 heteroatoms. The highest BCUT2D eigenvalue weighted by Crippen LogP contribution is 2.48. The summed E-state index contributed by atoms with van der Waals surface area (Å²) < 4.78 is 0. The number of nitrogens with one attached hydrogen (secondary N) is 1. The van der Waals surface area contributed by atoms with E-state index in [1.165, 1.54) is 11.1 Å². The second-order valence-corrected chi connectivity index (χ2v) is 7.04. The summed E-state index contributed by atoms with van der Waals surface area (Å²) in [6, 6.07) is 18.0. The van der Waals surface area contributed by atoms with Gasteiger partial charge in [0.2, 0.25) is 5.91 Å². The van der Waals surface area contributed by atoms with E-state index in [1.807, 2.05) is 37.3 Å². The number of aryl methyl sites for hydroxylation is 1. The Labute approximate surface area is 144 Å². The van der Waals surface area contributed by atoms with Crippen molar-refractivity contribution in [3.8, 4) is 0 Å². The van der Waals surface area contributed by atoms with Crippen LogP contribution in [0.1, 0.15) is 42.5 Å². The number of amides is 1. The van der Waals surface area contributed by atoms with E-state index in [4.69, 9.17) is 5.73 Å². The van der Waals surface area contributed by atoms with E-state index < -0.39 is 0 Å². The molecular formula is C21H26N2O. The van der Waals surface area contributed by atoms with Crippen LogP contribution in [0.4, 0.5) is 0 Å². The fourth-order valence-electron chi connectivity index (χ4n) is 3.40. The minimum absolute atomic E-state index is 0.0335. The summed E-state index contributed by atoms with van der Waals surface area (Å²) in [7, 11) is 0. The lowest BCUT2D eigenvalue weighted by Crippen LogP contribution is -2.39. The van der Waals surface area contributed by atoms with Gasteiger partial charge in [0.1, 0.15) is 0 Å². The van der Waals surface area contributed by atoms with Crippen molar-refractivity contribution >= 4 is 5.91 Å². The Kier molecular flexibility index (Phi) is 4.72. The lowest BCUT2D eigenvalue weighted by atomic mass is 9.91. The van der Waals surface area contributed by atoms with Crippen LogP contribution >= 0.6 is 0 Å². The quantitative estimate of drug-likeness (QED) is 0.855. The predicted octanol–water partition coefficient (Wildman–Crippen LogP) is 3.48. The SMILES string of the molecule is Cc1ccccc1C1(CNC(=O)C(C)C(N)c2ccccc2)CC1. The molecule has 0 heterocycles. The van der Waals surface area contributed by atoms with Gasteiger partial charge >= 0.3 is 0 Å². The first-order chi connectivity index (χ1) is 11.5. The topological polar surface area (TPSA) is 55.1 Å². The molecular weight excluding hydrogens is 296 g/mol. The number of hydrogen-bond donors (Lipinski definition) is 2. The minimum atomic E-state index is -0.278. The van der Waals surface area contributed by atoms with Crippen molar-refractivity contribution in [2.24, 2.45) is 11.7 Å². The van der Waals surface area contributed by atoms with Gasteiger partial charge in [-0.15, -0.1) is 0 Å². The summed E-state index contributed by atoms with van der Waals surface area (Å²) in [6.45, 7) is 4.74. The predicted molar refractivity (Wildman–Crippen MR) is 97.6 cm³/mol. The lowest BCUT2D eigenvalue weighted by molar-refractivity contribution is -0.125. The third kappa shape index (κ3) is 3.36. The van der Waals surface area contributed by atoms with Crippen molar-refractivity contribution < 1.29 is 4.79 Å². The van der Waals surface area contributed by atoms with Gasteiger partial charge in [-0.2, -0.15) is 0 Å². The molecule has 24 heavy (non-hydrogen) atoms. The first-order valence-electron chi connectivity index (χ1n) is 8.68. The van der Waals surface area contributed by atoms with Gasteiger partial charge in [0.15, 0.2) is 0 Å². The van der Waals surface area contributed by atoms with Crippen LogP contribution < -0.4 is 11.1 Å². The molecule has 1 fully saturated rings. The standard InChI is InChI=1S/C21H26N2O/c1-15-8-6-7-11-18(15)21(12-13-21)14-23-20(24)16(2)19(22)17-9-4-3-5-10-17/h3-11,16,19H,12-14,22H2,1-2H3,(H,23,24). The van der Waals surface area contributed by atoms with Crippen molar-refractivity contribution in [3.63, 3.8) is 0 Å². The summed E-state index contributed by atoms with van der Waals surface area (Å²) >= 11 is 0. The molecule has 1 aliphatic rings. The van der Waals surface area contributed by atoms with E-state index in [-0.39, 0.29) is 23.3 Å². The van der Waals surface area contributed by atoms with Crippen LogP contribution in [0.15, 0.2) is 54.6 Å². The third-order valence-electron chi connectivity index (χ3n) is 5.31. The first kappa shape index (κ1) is 16.7. The molecule has 2 aromatic carbocycles. The molecule has 2 atom stereocenters. The number of rotatable bonds is 6. The van der Waals surface area contributed by atoms with Crippen LogP contribution in [-0.4, -0.2) is 12.5 Å². The van der Waals surface area contributed by atoms with Gasteiger partial charge in [-0.1, -0.05) is 61.5 Å². The van der Waals surface area contributed by atoms with Gasteiger partial charge in [-0.25, -0.2) is 0 Å². The molecule has 0 radical (unpaired) electrons. The maximum absolute atomic E-state index is 12.6. The molecule has 2 unspecified atom stereocenters. The zero-order valence-corrected chi connectivity index (χ0v) is 14.5. The van der Waals surface area contributed by atoms with E-state index in [9.17, 15) is 4.79 Å². The maximum atomic E-state index is 12.6. The molecule has 0 spiro atoms. The highest BCUT2D eigenvalue weighted by molar-refractivity contribution is 5.79. The number of nitrogens with two attached hydrogens (primary N) is 1. The average molecular weight is 322 g/mol. The Hall–Kier alpha value is -2.13. The highest BCUT2D eigenvalue weighted by atomic mass is 16.1. The Morgan fingerprint density at radius 1 is 1.12 bits per heavy atom. The lowest BCUT2D eigenvalue weighted by Gasteiger charge is -2.23. The molecule has 0 bridgehead atoms. The molecule has 1 aliphatic carbocycles. The average Bonchev–Trinajstić information content (AvgIpc) is 3.40.